The third-order valence-corrected chi connectivity index (χ3v) is 3.54. The average molecular weight is 262 g/mol. The molecule has 0 spiro atoms. The van der Waals surface area contributed by atoms with Crippen LogP contribution in [0.1, 0.15) is 19.4 Å². The lowest BCUT2D eigenvalue weighted by Crippen LogP contribution is -2.37. The van der Waals surface area contributed by atoms with Crippen LogP contribution in [0.3, 0.4) is 0 Å². The van der Waals surface area contributed by atoms with Gasteiger partial charge in [0.2, 0.25) is 5.91 Å². The number of ether oxygens (including phenoxy) is 1. The first-order valence-corrected chi connectivity index (χ1v) is 6.95. The second-order valence-corrected chi connectivity index (χ2v) is 4.74. The Balaban J connectivity index is 1.84. The van der Waals surface area contributed by atoms with Crippen molar-refractivity contribution in [3.8, 4) is 0 Å². The fourth-order valence-electron chi connectivity index (χ4n) is 2.39. The van der Waals surface area contributed by atoms with Gasteiger partial charge in [-0.1, -0.05) is 18.2 Å². The average Bonchev–Trinajstić information content (AvgIpc) is 2.46. The third-order valence-electron chi connectivity index (χ3n) is 3.54. The number of fused-ring (bicyclic) bond motifs is 1. The molecule has 1 N–H and O–H groups in total. The zero-order valence-electron chi connectivity index (χ0n) is 11.7. The van der Waals surface area contributed by atoms with Gasteiger partial charge >= 0.3 is 0 Å². The summed E-state index contributed by atoms with van der Waals surface area (Å²) in [6, 6.07) is 8.23. The number of carbonyl (C=O) groups is 1. The van der Waals surface area contributed by atoms with Crippen molar-refractivity contribution in [2.45, 2.75) is 26.4 Å². The fourth-order valence-corrected chi connectivity index (χ4v) is 2.39. The van der Waals surface area contributed by atoms with Crippen molar-refractivity contribution in [2.24, 2.45) is 0 Å². The molecule has 0 aliphatic carbocycles. The number of anilines is 1. The number of para-hydroxylation sites is 1. The number of rotatable bonds is 5. The second kappa shape index (κ2) is 6.57. The number of nitrogens with one attached hydrogen (secondary N) is 1. The van der Waals surface area contributed by atoms with Gasteiger partial charge in [0.05, 0.1) is 6.10 Å². The van der Waals surface area contributed by atoms with Gasteiger partial charge in [-0.2, -0.15) is 0 Å². The number of nitrogens with zero attached hydrogens (tertiary/aromatic N) is 1. The lowest BCUT2D eigenvalue weighted by atomic mass is 10.0. The Morgan fingerprint density at radius 1 is 1.37 bits per heavy atom. The van der Waals surface area contributed by atoms with Crippen molar-refractivity contribution < 1.29 is 9.53 Å². The highest BCUT2D eigenvalue weighted by molar-refractivity contribution is 5.77. The molecule has 0 bridgehead atoms. The predicted molar refractivity (Wildman–Crippen MR) is 76.3 cm³/mol. The molecule has 0 aromatic heterocycles. The lowest BCUT2D eigenvalue weighted by Gasteiger charge is -2.27. The highest BCUT2D eigenvalue weighted by Gasteiger charge is 2.20. The van der Waals surface area contributed by atoms with Crippen LogP contribution in [0.5, 0.6) is 0 Å². The van der Waals surface area contributed by atoms with E-state index >= 15 is 0 Å². The van der Waals surface area contributed by atoms with Gasteiger partial charge in [-0.05, 0) is 25.5 Å². The number of carbonyl (C=O) groups excluding carboxylic acids is 1. The normalized spacial score (nSPS) is 17.5. The van der Waals surface area contributed by atoms with Crippen LogP contribution in [0, 0.1) is 0 Å². The van der Waals surface area contributed by atoms with Gasteiger partial charge in [-0.3, -0.25) is 4.79 Å². The summed E-state index contributed by atoms with van der Waals surface area (Å²) < 4.78 is 5.73. The van der Waals surface area contributed by atoms with E-state index in [1.165, 1.54) is 11.3 Å². The van der Waals surface area contributed by atoms with Crippen molar-refractivity contribution in [2.75, 3.05) is 31.6 Å². The maximum atomic E-state index is 11.9. The minimum atomic E-state index is 0.0730. The van der Waals surface area contributed by atoms with E-state index < -0.39 is 0 Å². The maximum absolute atomic E-state index is 11.9. The molecule has 1 aliphatic heterocycles. The molecule has 1 amide bonds. The van der Waals surface area contributed by atoms with Gasteiger partial charge in [0.1, 0.15) is 6.61 Å². The van der Waals surface area contributed by atoms with Crippen LogP contribution in [-0.4, -0.2) is 43.2 Å². The van der Waals surface area contributed by atoms with Gasteiger partial charge in [-0.15, -0.1) is 0 Å². The Hall–Kier alpha value is -1.55. The monoisotopic (exact) mass is 262 g/mol. The molecule has 104 valence electrons. The van der Waals surface area contributed by atoms with E-state index in [0.717, 1.165) is 26.1 Å². The van der Waals surface area contributed by atoms with Crippen molar-refractivity contribution in [3.63, 3.8) is 0 Å². The summed E-state index contributed by atoms with van der Waals surface area (Å²) in [5, 5.41) is 3.34. The Morgan fingerprint density at radius 3 is 2.84 bits per heavy atom. The van der Waals surface area contributed by atoms with Crippen LogP contribution in [0.4, 0.5) is 5.69 Å². The molecule has 1 aromatic rings. The molecule has 4 heteroatoms. The number of hydrogen-bond donors (Lipinski definition) is 1. The summed E-state index contributed by atoms with van der Waals surface area (Å²) in [6.45, 7) is 6.40. The zero-order chi connectivity index (χ0) is 13.7. The predicted octanol–water partition coefficient (Wildman–Crippen LogP) is 1.91. The summed E-state index contributed by atoms with van der Waals surface area (Å²) in [6.07, 6.45) is 0.948. The Kier molecular flexibility index (Phi) is 4.80. The maximum Gasteiger partial charge on any atom is 0.248 e. The highest BCUT2D eigenvalue weighted by atomic mass is 16.5. The van der Waals surface area contributed by atoms with Crippen LogP contribution in [0.15, 0.2) is 24.3 Å². The highest BCUT2D eigenvalue weighted by Crippen LogP contribution is 2.22. The van der Waals surface area contributed by atoms with E-state index in [1.807, 2.05) is 26.0 Å². The zero-order valence-corrected chi connectivity index (χ0v) is 11.7. The molecule has 1 aromatic carbocycles. The smallest absolute Gasteiger partial charge is 0.248 e. The molecular weight excluding hydrogens is 240 g/mol. The minimum Gasteiger partial charge on any atom is -0.382 e. The standard InChI is InChI=1S/C15H22N2O2/c1-3-17(4-2)15(18)11-19-13-9-12-7-5-6-8-14(12)16-10-13/h5-8,13,16H,3-4,9-11H2,1-2H3. The van der Waals surface area contributed by atoms with Crippen molar-refractivity contribution in [1.29, 1.82) is 0 Å². The first kappa shape index (κ1) is 13.9. The quantitative estimate of drug-likeness (QED) is 0.881. The molecule has 2 rings (SSSR count). The van der Waals surface area contributed by atoms with Crippen molar-refractivity contribution in [1.82, 2.24) is 4.90 Å². The van der Waals surface area contributed by atoms with Crippen LogP contribution < -0.4 is 5.32 Å². The van der Waals surface area contributed by atoms with Gasteiger partial charge in [0.25, 0.3) is 0 Å². The molecular formula is C15H22N2O2. The van der Waals surface area contributed by atoms with E-state index in [1.54, 1.807) is 4.90 Å². The van der Waals surface area contributed by atoms with Crippen LogP contribution in [0.25, 0.3) is 0 Å². The van der Waals surface area contributed by atoms with Crippen molar-refractivity contribution in [3.05, 3.63) is 29.8 Å². The van der Waals surface area contributed by atoms with Gasteiger partial charge < -0.3 is 15.0 Å². The third kappa shape index (κ3) is 3.47. The lowest BCUT2D eigenvalue weighted by molar-refractivity contribution is -0.137. The number of amides is 1. The summed E-state index contributed by atoms with van der Waals surface area (Å²) >= 11 is 0. The Morgan fingerprint density at radius 2 is 2.11 bits per heavy atom. The summed E-state index contributed by atoms with van der Waals surface area (Å²) in [5.74, 6) is 0.0730. The minimum absolute atomic E-state index is 0.0730. The second-order valence-electron chi connectivity index (χ2n) is 4.74. The largest absolute Gasteiger partial charge is 0.382 e. The van der Waals surface area contributed by atoms with Crippen molar-refractivity contribution >= 4 is 11.6 Å². The van der Waals surface area contributed by atoms with Gasteiger partial charge in [0.15, 0.2) is 0 Å². The van der Waals surface area contributed by atoms with Crippen LogP contribution >= 0.6 is 0 Å². The summed E-state index contributed by atoms with van der Waals surface area (Å²) in [5.41, 5.74) is 2.44. The van der Waals surface area contributed by atoms with Gasteiger partial charge in [0, 0.05) is 31.7 Å². The Labute approximate surface area is 114 Å². The molecule has 1 atom stereocenters. The SMILES string of the molecule is CCN(CC)C(=O)COC1CNc2ccccc2C1. The first-order chi connectivity index (χ1) is 9.24. The molecule has 1 aliphatic rings. The summed E-state index contributed by atoms with van der Waals surface area (Å²) in [7, 11) is 0. The molecule has 0 radical (unpaired) electrons. The molecule has 1 unspecified atom stereocenters. The molecule has 1 heterocycles. The number of benzene rings is 1. The first-order valence-electron chi connectivity index (χ1n) is 6.95. The van der Waals surface area contributed by atoms with E-state index in [0.29, 0.717) is 0 Å². The number of hydrogen-bond acceptors (Lipinski definition) is 3. The van der Waals surface area contributed by atoms with Gasteiger partial charge in [-0.25, -0.2) is 0 Å². The van der Waals surface area contributed by atoms with Crippen LogP contribution in [0.2, 0.25) is 0 Å². The molecule has 4 nitrogen and oxygen atoms in total. The van der Waals surface area contributed by atoms with E-state index in [2.05, 4.69) is 17.4 Å². The van der Waals surface area contributed by atoms with E-state index in [-0.39, 0.29) is 18.6 Å². The summed E-state index contributed by atoms with van der Waals surface area (Å²) in [4.78, 5) is 13.7. The van der Waals surface area contributed by atoms with E-state index in [9.17, 15) is 4.79 Å². The topological polar surface area (TPSA) is 41.6 Å². The fraction of sp³-hybridized carbons (Fsp3) is 0.533. The van der Waals surface area contributed by atoms with Crippen LogP contribution in [-0.2, 0) is 16.0 Å². The molecule has 0 saturated carbocycles. The number of likely N-dealkylation sites (N-methyl/N-ethyl adjacent to an activating group) is 1. The molecule has 0 fully saturated rings. The van der Waals surface area contributed by atoms with E-state index in [4.69, 9.17) is 4.74 Å². The molecule has 19 heavy (non-hydrogen) atoms. The molecule has 0 saturated heterocycles. The Bertz CT molecular complexity index is 430.